The van der Waals surface area contributed by atoms with Crippen molar-refractivity contribution in [2.75, 3.05) is 20.3 Å². The summed E-state index contributed by atoms with van der Waals surface area (Å²) in [4.78, 5) is 0. The van der Waals surface area contributed by atoms with E-state index < -0.39 is 0 Å². The van der Waals surface area contributed by atoms with E-state index in [1.54, 1.807) is 12.1 Å². The molecule has 0 amide bonds. The number of halogens is 1. The molecule has 96 valence electrons. The van der Waals surface area contributed by atoms with Crippen LogP contribution >= 0.6 is 0 Å². The van der Waals surface area contributed by atoms with Crippen molar-refractivity contribution in [3.63, 3.8) is 0 Å². The summed E-state index contributed by atoms with van der Waals surface area (Å²) in [5, 5.41) is 0. The fraction of sp³-hybridized carbons (Fsp3) is 0.500. The number of nitrogens with one attached hydrogen (secondary N) is 1. The number of nitrogens with two attached hydrogens (primary N) is 1. The van der Waals surface area contributed by atoms with Gasteiger partial charge in [0.25, 0.3) is 0 Å². The summed E-state index contributed by atoms with van der Waals surface area (Å²) in [7, 11) is 1.43. The summed E-state index contributed by atoms with van der Waals surface area (Å²) in [6.45, 7) is 3.15. The summed E-state index contributed by atoms with van der Waals surface area (Å²) in [6.07, 6.45) is 0.948. The first-order valence-electron chi connectivity index (χ1n) is 5.60. The van der Waals surface area contributed by atoms with Gasteiger partial charge in [0.15, 0.2) is 11.6 Å². The van der Waals surface area contributed by atoms with Crippen LogP contribution in [0.4, 0.5) is 4.39 Å². The van der Waals surface area contributed by atoms with Gasteiger partial charge in [0.2, 0.25) is 0 Å². The third kappa shape index (κ3) is 3.96. The van der Waals surface area contributed by atoms with Crippen LogP contribution in [0.15, 0.2) is 18.2 Å². The van der Waals surface area contributed by atoms with Crippen LogP contribution in [0.3, 0.4) is 0 Å². The normalized spacial score (nSPS) is 12.5. The van der Waals surface area contributed by atoms with Crippen LogP contribution in [0.5, 0.6) is 5.75 Å². The van der Waals surface area contributed by atoms with Gasteiger partial charge in [-0.05, 0) is 24.1 Å². The van der Waals surface area contributed by atoms with E-state index in [0.717, 1.165) is 12.0 Å². The summed E-state index contributed by atoms with van der Waals surface area (Å²) < 4.78 is 23.6. The number of hydrogen-bond donors (Lipinski definition) is 2. The van der Waals surface area contributed by atoms with Gasteiger partial charge in [0.05, 0.1) is 19.8 Å². The van der Waals surface area contributed by atoms with Crippen LogP contribution in [0.2, 0.25) is 0 Å². The van der Waals surface area contributed by atoms with Crippen LogP contribution in [0.1, 0.15) is 24.9 Å². The third-order valence-electron chi connectivity index (χ3n) is 2.41. The Hall–Kier alpha value is -1.17. The molecule has 0 aliphatic rings. The molecule has 17 heavy (non-hydrogen) atoms. The van der Waals surface area contributed by atoms with Crippen molar-refractivity contribution in [1.29, 1.82) is 0 Å². The lowest BCUT2D eigenvalue weighted by Crippen LogP contribution is -2.31. The second kappa shape index (κ2) is 7.21. The van der Waals surface area contributed by atoms with Gasteiger partial charge in [-0.1, -0.05) is 13.0 Å². The van der Waals surface area contributed by atoms with Crippen molar-refractivity contribution in [3.8, 4) is 5.75 Å². The fourth-order valence-corrected chi connectivity index (χ4v) is 1.48. The number of hydrazine groups is 1. The molecule has 0 bridgehead atoms. The minimum Gasteiger partial charge on any atom is -0.494 e. The SMILES string of the molecule is CCCOCC(NN)c1ccc(F)c(OC)c1. The van der Waals surface area contributed by atoms with Crippen molar-refractivity contribution in [3.05, 3.63) is 29.6 Å². The Kier molecular flexibility index (Phi) is 5.90. The molecule has 1 atom stereocenters. The zero-order valence-corrected chi connectivity index (χ0v) is 10.2. The summed E-state index contributed by atoms with van der Waals surface area (Å²) >= 11 is 0. The smallest absolute Gasteiger partial charge is 0.165 e. The largest absolute Gasteiger partial charge is 0.494 e. The Morgan fingerprint density at radius 3 is 2.82 bits per heavy atom. The topological polar surface area (TPSA) is 56.5 Å². The Morgan fingerprint density at radius 1 is 1.47 bits per heavy atom. The molecule has 0 aliphatic carbocycles. The molecule has 0 saturated heterocycles. The highest BCUT2D eigenvalue weighted by Crippen LogP contribution is 2.22. The lowest BCUT2D eigenvalue weighted by molar-refractivity contribution is 0.112. The van der Waals surface area contributed by atoms with Gasteiger partial charge >= 0.3 is 0 Å². The predicted octanol–water partition coefficient (Wildman–Crippen LogP) is 1.77. The monoisotopic (exact) mass is 242 g/mol. The molecule has 0 radical (unpaired) electrons. The van der Waals surface area contributed by atoms with E-state index >= 15 is 0 Å². The minimum atomic E-state index is -0.388. The van der Waals surface area contributed by atoms with E-state index in [9.17, 15) is 4.39 Å². The van der Waals surface area contributed by atoms with Crippen molar-refractivity contribution in [1.82, 2.24) is 5.43 Å². The van der Waals surface area contributed by atoms with Crippen molar-refractivity contribution >= 4 is 0 Å². The number of rotatable bonds is 7. The molecule has 1 rings (SSSR count). The molecular weight excluding hydrogens is 223 g/mol. The highest BCUT2D eigenvalue weighted by Gasteiger charge is 2.12. The van der Waals surface area contributed by atoms with E-state index in [0.29, 0.717) is 13.2 Å². The van der Waals surface area contributed by atoms with Gasteiger partial charge in [0, 0.05) is 6.61 Å². The molecule has 1 aromatic carbocycles. The quantitative estimate of drug-likeness (QED) is 0.434. The van der Waals surface area contributed by atoms with Crippen molar-refractivity contribution < 1.29 is 13.9 Å². The molecule has 0 fully saturated rings. The Bertz CT molecular complexity index is 347. The maximum atomic E-state index is 13.2. The molecule has 0 aromatic heterocycles. The molecule has 0 spiro atoms. The lowest BCUT2D eigenvalue weighted by atomic mass is 10.1. The second-order valence-corrected chi connectivity index (χ2v) is 3.69. The van der Waals surface area contributed by atoms with Gasteiger partial charge in [-0.2, -0.15) is 0 Å². The average Bonchev–Trinajstić information content (AvgIpc) is 2.36. The van der Waals surface area contributed by atoms with E-state index in [4.69, 9.17) is 15.3 Å². The van der Waals surface area contributed by atoms with Crippen LogP contribution in [-0.2, 0) is 4.74 Å². The maximum absolute atomic E-state index is 13.2. The highest BCUT2D eigenvalue weighted by molar-refractivity contribution is 5.32. The summed E-state index contributed by atoms with van der Waals surface area (Å²) in [6, 6.07) is 4.47. The predicted molar refractivity (Wildman–Crippen MR) is 64.1 cm³/mol. The van der Waals surface area contributed by atoms with E-state index in [2.05, 4.69) is 5.43 Å². The summed E-state index contributed by atoms with van der Waals surface area (Å²) in [5.41, 5.74) is 3.48. The molecule has 4 nitrogen and oxygen atoms in total. The molecule has 1 aromatic rings. The minimum absolute atomic E-state index is 0.170. The summed E-state index contributed by atoms with van der Waals surface area (Å²) in [5.74, 6) is 5.27. The van der Waals surface area contributed by atoms with Crippen molar-refractivity contribution in [2.24, 2.45) is 5.84 Å². The van der Waals surface area contributed by atoms with Gasteiger partial charge in [-0.3, -0.25) is 11.3 Å². The standard InChI is InChI=1S/C12H19FN2O2/c1-3-6-17-8-11(15-14)9-4-5-10(13)12(7-9)16-2/h4-5,7,11,15H,3,6,8,14H2,1-2H3. The first kappa shape index (κ1) is 13.9. The lowest BCUT2D eigenvalue weighted by Gasteiger charge is -2.17. The molecule has 5 heteroatoms. The number of hydrogen-bond acceptors (Lipinski definition) is 4. The molecule has 0 aliphatic heterocycles. The van der Waals surface area contributed by atoms with Gasteiger partial charge < -0.3 is 9.47 Å². The van der Waals surface area contributed by atoms with E-state index in [1.807, 2.05) is 6.92 Å². The maximum Gasteiger partial charge on any atom is 0.165 e. The van der Waals surface area contributed by atoms with Gasteiger partial charge in [0.1, 0.15) is 0 Å². The molecule has 0 saturated carbocycles. The highest BCUT2D eigenvalue weighted by atomic mass is 19.1. The number of ether oxygens (including phenoxy) is 2. The first-order valence-corrected chi connectivity index (χ1v) is 5.60. The molecule has 0 heterocycles. The Balaban J connectivity index is 2.73. The molecule has 3 N–H and O–H groups in total. The Labute approximate surface area is 101 Å². The van der Waals surface area contributed by atoms with Crippen LogP contribution in [0, 0.1) is 5.82 Å². The van der Waals surface area contributed by atoms with Crippen LogP contribution in [-0.4, -0.2) is 20.3 Å². The number of benzene rings is 1. The van der Waals surface area contributed by atoms with Crippen molar-refractivity contribution in [2.45, 2.75) is 19.4 Å². The average molecular weight is 242 g/mol. The van der Waals surface area contributed by atoms with Crippen LogP contribution < -0.4 is 16.0 Å². The van der Waals surface area contributed by atoms with E-state index in [1.165, 1.54) is 13.2 Å². The fourth-order valence-electron chi connectivity index (χ4n) is 1.48. The van der Waals surface area contributed by atoms with Gasteiger partial charge in [-0.25, -0.2) is 4.39 Å². The van der Waals surface area contributed by atoms with E-state index in [-0.39, 0.29) is 17.6 Å². The Morgan fingerprint density at radius 2 is 2.24 bits per heavy atom. The molecular formula is C12H19FN2O2. The zero-order valence-electron chi connectivity index (χ0n) is 10.2. The first-order chi connectivity index (χ1) is 8.22. The second-order valence-electron chi connectivity index (χ2n) is 3.69. The zero-order chi connectivity index (χ0) is 12.7. The number of methoxy groups -OCH3 is 1. The molecule has 1 unspecified atom stereocenters. The van der Waals surface area contributed by atoms with Crippen LogP contribution in [0.25, 0.3) is 0 Å². The van der Waals surface area contributed by atoms with Gasteiger partial charge in [-0.15, -0.1) is 0 Å². The third-order valence-corrected chi connectivity index (χ3v) is 2.41.